The number of halogens is 4. The van der Waals surface area contributed by atoms with Crippen molar-refractivity contribution in [1.29, 1.82) is 5.26 Å². The van der Waals surface area contributed by atoms with Crippen LogP contribution in [0, 0.1) is 17.2 Å². The van der Waals surface area contributed by atoms with E-state index in [-0.39, 0.29) is 11.7 Å². The lowest BCUT2D eigenvalue weighted by Crippen LogP contribution is -2.30. The van der Waals surface area contributed by atoms with E-state index < -0.39 is 12.4 Å². The van der Waals surface area contributed by atoms with Crippen LogP contribution in [0.5, 0.6) is 5.75 Å². The maximum Gasteiger partial charge on any atom is 0.573 e. The van der Waals surface area contributed by atoms with Crippen LogP contribution >= 0.6 is 11.6 Å². The van der Waals surface area contributed by atoms with Crippen LogP contribution in [-0.2, 0) is 0 Å². The first-order chi connectivity index (χ1) is 14.7. The highest BCUT2D eigenvalue weighted by atomic mass is 35.5. The van der Waals surface area contributed by atoms with Crippen LogP contribution in [0.15, 0.2) is 53.6 Å². The van der Waals surface area contributed by atoms with Gasteiger partial charge in [-0.15, -0.1) is 13.2 Å². The number of hydrazone groups is 1. The molecule has 6 nitrogen and oxygen atoms in total. The van der Waals surface area contributed by atoms with Crippen LogP contribution in [0.1, 0.15) is 24.8 Å². The summed E-state index contributed by atoms with van der Waals surface area (Å²) in [4.78, 5) is 12.7. The molecule has 31 heavy (non-hydrogen) atoms. The predicted octanol–water partition coefficient (Wildman–Crippen LogP) is 5.80. The highest BCUT2D eigenvalue weighted by Gasteiger charge is 2.32. The molecule has 1 aliphatic heterocycles. The van der Waals surface area contributed by atoms with Gasteiger partial charge in [0.25, 0.3) is 0 Å². The van der Waals surface area contributed by atoms with Gasteiger partial charge in [-0.3, -0.25) is 0 Å². The summed E-state index contributed by atoms with van der Waals surface area (Å²) in [6, 6.07) is 13.5. The van der Waals surface area contributed by atoms with E-state index in [0.29, 0.717) is 36.5 Å². The Balaban J connectivity index is 1.71. The predicted molar refractivity (Wildman–Crippen MR) is 110 cm³/mol. The molecule has 2 amide bonds. The van der Waals surface area contributed by atoms with Crippen molar-refractivity contribution < 1.29 is 22.7 Å². The molecule has 1 unspecified atom stereocenters. The van der Waals surface area contributed by atoms with Crippen molar-refractivity contribution in [2.24, 2.45) is 11.0 Å². The Morgan fingerprint density at radius 1 is 1.23 bits per heavy atom. The number of alkyl halides is 3. The van der Waals surface area contributed by atoms with Crippen molar-refractivity contribution in [3.63, 3.8) is 0 Å². The lowest BCUT2D eigenvalue weighted by molar-refractivity contribution is -0.274. The fourth-order valence-electron chi connectivity index (χ4n) is 3.17. The van der Waals surface area contributed by atoms with Gasteiger partial charge in [0.05, 0.1) is 18.3 Å². The summed E-state index contributed by atoms with van der Waals surface area (Å²) in [6.45, 7) is 0.324. The second-order valence-corrected chi connectivity index (χ2v) is 7.26. The second kappa shape index (κ2) is 9.71. The molecule has 10 heteroatoms. The first-order valence-electron chi connectivity index (χ1n) is 9.41. The monoisotopic (exact) mass is 450 g/mol. The molecule has 3 rings (SSSR count). The van der Waals surface area contributed by atoms with Crippen LogP contribution in [0.3, 0.4) is 0 Å². The number of hydrogen-bond acceptors (Lipinski definition) is 4. The van der Waals surface area contributed by atoms with E-state index in [4.69, 9.17) is 16.9 Å². The Hall–Kier alpha value is -3.25. The number of hydrogen-bond donors (Lipinski definition) is 1. The van der Waals surface area contributed by atoms with Crippen LogP contribution < -0.4 is 10.1 Å². The largest absolute Gasteiger partial charge is 0.573 e. The normalized spacial score (nSPS) is 15.9. The van der Waals surface area contributed by atoms with Crippen molar-refractivity contribution in [3.05, 3.63) is 59.1 Å². The zero-order chi connectivity index (χ0) is 22.4. The lowest BCUT2D eigenvalue weighted by Gasteiger charge is -2.15. The van der Waals surface area contributed by atoms with Gasteiger partial charge in [-0.05, 0) is 54.8 Å². The Bertz CT molecular complexity index is 986. The number of benzene rings is 2. The molecule has 2 aromatic rings. The van der Waals surface area contributed by atoms with Crippen LogP contribution in [-0.4, -0.2) is 29.7 Å². The smallest absolute Gasteiger partial charge is 0.406 e. The minimum Gasteiger partial charge on any atom is -0.406 e. The molecule has 1 heterocycles. The molecule has 162 valence electrons. The summed E-state index contributed by atoms with van der Waals surface area (Å²) in [5.74, 6) is -0.435. The first-order valence-corrected chi connectivity index (χ1v) is 9.78. The lowest BCUT2D eigenvalue weighted by atomic mass is 9.93. The Morgan fingerprint density at radius 2 is 1.90 bits per heavy atom. The number of carbonyl (C=O) groups is 1. The molecule has 2 aromatic carbocycles. The number of nitrogens with one attached hydrogen (secondary N) is 1. The molecule has 0 fully saturated rings. The van der Waals surface area contributed by atoms with Gasteiger partial charge in [-0.25, -0.2) is 9.80 Å². The number of amides is 2. The molecule has 0 aliphatic carbocycles. The number of anilines is 1. The average Bonchev–Trinajstić information content (AvgIpc) is 3.13. The standard InChI is InChI=1S/C21H18ClF3N4O2/c22-16-6-4-14(5-7-16)19-15(3-1-2-12-26)13-29(28-19)20(30)27-17-8-10-18(11-9-17)31-21(23,24)25/h4-11,15H,1-3,13H2,(H,27,30). The third-order valence-corrected chi connectivity index (χ3v) is 4.82. The molecular weight excluding hydrogens is 433 g/mol. The van der Waals surface area contributed by atoms with Crippen LogP contribution in [0.25, 0.3) is 0 Å². The molecule has 0 radical (unpaired) electrons. The minimum atomic E-state index is -4.78. The summed E-state index contributed by atoms with van der Waals surface area (Å²) < 4.78 is 40.6. The van der Waals surface area contributed by atoms with E-state index in [1.54, 1.807) is 12.1 Å². The van der Waals surface area contributed by atoms with Crippen molar-refractivity contribution >= 4 is 29.0 Å². The van der Waals surface area contributed by atoms with E-state index in [0.717, 1.165) is 23.4 Å². The van der Waals surface area contributed by atoms with Gasteiger partial charge in [0, 0.05) is 23.0 Å². The molecule has 0 aromatic heterocycles. The average molecular weight is 451 g/mol. The van der Waals surface area contributed by atoms with Gasteiger partial charge < -0.3 is 10.1 Å². The molecule has 0 spiro atoms. The van der Waals surface area contributed by atoms with Gasteiger partial charge in [0.2, 0.25) is 0 Å². The first kappa shape index (κ1) is 22.4. The van der Waals surface area contributed by atoms with Crippen molar-refractivity contribution in [1.82, 2.24) is 5.01 Å². The number of unbranched alkanes of at least 4 members (excludes halogenated alkanes) is 1. The number of nitriles is 1. The fourth-order valence-corrected chi connectivity index (χ4v) is 3.30. The van der Waals surface area contributed by atoms with E-state index >= 15 is 0 Å². The molecule has 0 saturated carbocycles. The van der Waals surface area contributed by atoms with Gasteiger partial charge in [0.15, 0.2) is 0 Å². The van der Waals surface area contributed by atoms with E-state index in [9.17, 15) is 18.0 Å². The Kier molecular flexibility index (Phi) is 7.02. The highest BCUT2D eigenvalue weighted by molar-refractivity contribution is 6.30. The van der Waals surface area contributed by atoms with E-state index in [2.05, 4.69) is 21.2 Å². The SMILES string of the molecule is N#CCCCC1CN(C(=O)Nc2ccc(OC(F)(F)F)cc2)N=C1c1ccc(Cl)cc1. The third-order valence-electron chi connectivity index (χ3n) is 4.56. The molecule has 1 aliphatic rings. The van der Waals surface area contributed by atoms with Crippen LogP contribution in [0.4, 0.5) is 23.7 Å². The van der Waals surface area contributed by atoms with Gasteiger partial charge in [-0.1, -0.05) is 23.7 Å². The minimum absolute atomic E-state index is 0.0529. The molecule has 1 N–H and O–H groups in total. The van der Waals surface area contributed by atoms with E-state index in [1.165, 1.54) is 17.1 Å². The van der Waals surface area contributed by atoms with Gasteiger partial charge >= 0.3 is 12.4 Å². The van der Waals surface area contributed by atoms with Gasteiger partial charge in [0.1, 0.15) is 5.75 Å². The molecule has 0 bridgehead atoms. The molecular formula is C21H18ClF3N4O2. The maximum atomic E-state index is 12.7. The third kappa shape index (κ3) is 6.36. The fraction of sp³-hybridized carbons (Fsp3) is 0.286. The zero-order valence-corrected chi connectivity index (χ0v) is 17.0. The number of nitrogens with zero attached hydrogens (tertiary/aromatic N) is 3. The number of urea groups is 1. The highest BCUT2D eigenvalue weighted by Crippen LogP contribution is 2.27. The number of ether oxygens (including phenoxy) is 1. The number of rotatable bonds is 6. The Morgan fingerprint density at radius 3 is 2.52 bits per heavy atom. The molecule has 0 saturated heterocycles. The van der Waals surface area contributed by atoms with Crippen molar-refractivity contribution in [2.45, 2.75) is 25.6 Å². The quantitative estimate of drug-likeness (QED) is 0.565. The Labute approximate surface area is 181 Å². The maximum absolute atomic E-state index is 12.7. The summed E-state index contributed by atoms with van der Waals surface area (Å²) in [5, 5.41) is 17.7. The summed E-state index contributed by atoms with van der Waals surface area (Å²) in [6.07, 6.45) is -3.03. The molecule has 1 atom stereocenters. The van der Waals surface area contributed by atoms with Crippen molar-refractivity contribution in [3.8, 4) is 11.8 Å². The summed E-state index contributed by atoms with van der Waals surface area (Å²) >= 11 is 5.95. The topological polar surface area (TPSA) is 77.7 Å². The second-order valence-electron chi connectivity index (χ2n) is 6.82. The summed E-state index contributed by atoms with van der Waals surface area (Å²) in [7, 11) is 0. The van der Waals surface area contributed by atoms with Crippen LogP contribution in [0.2, 0.25) is 5.02 Å². The zero-order valence-electron chi connectivity index (χ0n) is 16.2. The summed E-state index contributed by atoms with van der Waals surface area (Å²) in [5.41, 5.74) is 1.85. The van der Waals surface area contributed by atoms with E-state index in [1.807, 2.05) is 12.1 Å². The van der Waals surface area contributed by atoms with Crippen molar-refractivity contribution in [2.75, 3.05) is 11.9 Å². The number of carbonyl (C=O) groups excluding carboxylic acids is 1. The van der Waals surface area contributed by atoms with Gasteiger partial charge in [-0.2, -0.15) is 10.4 Å².